The lowest BCUT2D eigenvalue weighted by Gasteiger charge is -2.34. The Kier molecular flexibility index (Phi) is 6.68. The zero-order valence-electron chi connectivity index (χ0n) is 14.4. The van der Waals surface area contributed by atoms with Crippen LogP contribution in [0, 0.1) is 5.41 Å². The van der Waals surface area contributed by atoms with Gasteiger partial charge >= 0.3 is 0 Å². The first-order chi connectivity index (χ1) is 12.3. The molecule has 0 heterocycles. The smallest absolute Gasteiger partial charge is 0.0128 e. The fraction of sp³-hybridized carbons (Fsp3) is 0.217. The van der Waals surface area contributed by atoms with Gasteiger partial charge in [-0.25, -0.2) is 0 Å². The van der Waals surface area contributed by atoms with Gasteiger partial charge in [0.25, 0.3) is 0 Å². The molecule has 2 heteroatoms. The van der Waals surface area contributed by atoms with E-state index in [4.69, 9.17) is 11.2 Å². The van der Waals surface area contributed by atoms with Crippen LogP contribution in [0.1, 0.15) is 16.7 Å². The fourth-order valence-corrected chi connectivity index (χ4v) is 5.11. The highest BCUT2D eigenvalue weighted by Crippen LogP contribution is 2.39. The Morgan fingerprint density at radius 1 is 0.560 bits per heavy atom. The van der Waals surface area contributed by atoms with E-state index >= 15 is 0 Å². The molecule has 0 aliphatic heterocycles. The maximum atomic E-state index is 6.31. The van der Waals surface area contributed by atoms with E-state index in [1.165, 1.54) is 16.7 Å². The van der Waals surface area contributed by atoms with Crippen LogP contribution in [-0.2, 0) is 19.3 Å². The summed E-state index contributed by atoms with van der Waals surface area (Å²) in [5.41, 5.74) is 4.32. The molecule has 0 fully saturated rings. The summed E-state index contributed by atoms with van der Waals surface area (Å²) < 4.78 is 0. The molecule has 0 aromatic heterocycles. The molecule has 3 rings (SSSR count). The van der Waals surface area contributed by atoms with Crippen molar-refractivity contribution in [3.63, 3.8) is 0 Å². The second kappa shape index (κ2) is 9.18. The van der Waals surface area contributed by atoms with Gasteiger partial charge in [0.2, 0.25) is 0 Å². The van der Waals surface area contributed by atoms with E-state index in [1.54, 1.807) is 0 Å². The van der Waals surface area contributed by atoms with Crippen molar-refractivity contribution in [2.24, 2.45) is 5.41 Å². The lowest BCUT2D eigenvalue weighted by atomic mass is 9.74. The maximum absolute atomic E-state index is 6.31. The molecule has 0 spiro atoms. The van der Waals surface area contributed by atoms with Crippen molar-refractivity contribution >= 4 is 19.2 Å². The first kappa shape index (κ1) is 18.2. The Bertz CT molecular complexity index is 639. The molecule has 3 aromatic carbocycles. The Labute approximate surface area is 157 Å². The highest BCUT2D eigenvalue weighted by molar-refractivity contribution is 7.68. The van der Waals surface area contributed by atoms with Crippen molar-refractivity contribution in [2.75, 3.05) is 6.16 Å². The highest BCUT2D eigenvalue weighted by Gasteiger charge is 2.30. The minimum Gasteiger partial charge on any atom is -0.100 e. The minimum atomic E-state index is 0.143. The zero-order chi connectivity index (χ0) is 17.4. The van der Waals surface area contributed by atoms with Crippen molar-refractivity contribution in [1.29, 1.82) is 0 Å². The quantitative estimate of drug-likeness (QED) is 0.397. The van der Waals surface area contributed by atoms with E-state index in [9.17, 15) is 0 Å². The summed E-state index contributed by atoms with van der Waals surface area (Å²) in [6.07, 6.45) is 4.19. The first-order valence-corrected chi connectivity index (χ1v) is 11.0. The van der Waals surface area contributed by atoms with Crippen molar-refractivity contribution in [1.82, 2.24) is 0 Å². The Hall–Kier alpha value is -1.62. The van der Waals surface area contributed by atoms with Crippen LogP contribution in [0.5, 0.6) is 0 Å². The summed E-state index contributed by atoms with van der Waals surface area (Å²) in [5.74, 6) is 0. The first-order valence-electron chi connectivity index (χ1n) is 8.75. The topological polar surface area (TPSA) is 0 Å². The van der Waals surface area contributed by atoms with E-state index in [0.717, 1.165) is 25.4 Å². The predicted octanol–water partition coefficient (Wildman–Crippen LogP) is 6.53. The Morgan fingerprint density at radius 2 is 0.880 bits per heavy atom. The summed E-state index contributed by atoms with van der Waals surface area (Å²) in [6.45, 7) is 0. The molecule has 3 aromatic rings. The van der Waals surface area contributed by atoms with Crippen LogP contribution in [0.25, 0.3) is 0 Å². The van der Waals surface area contributed by atoms with Gasteiger partial charge in [0.15, 0.2) is 0 Å². The van der Waals surface area contributed by atoms with Gasteiger partial charge < -0.3 is 0 Å². The average molecular weight is 367 g/mol. The molecule has 0 N–H and O–H groups in total. The molecule has 0 radical (unpaired) electrons. The molecule has 0 aliphatic carbocycles. The van der Waals surface area contributed by atoms with Crippen molar-refractivity contribution in [2.45, 2.75) is 19.3 Å². The number of hydrogen-bond acceptors (Lipinski definition) is 0. The molecule has 1 atom stereocenters. The van der Waals surface area contributed by atoms with Crippen LogP contribution < -0.4 is 0 Å². The summed E-state index contributed by atoms with van der Waals surface area (Å²) >= 11 is 6.31. The molecule has 1 unspecified atom stereocenters. The zero-order valence-corrected chi connectivity index (χ0v) is 16.1. The van der Waals surface area contributed by atoms with Gasteiger partial charge in [0, 0.05) is 0 Å². The second-order valence-corrected chi connectivity index (χ2v) is 8.22. The number of halogens is 1. The fourth-order valence-electron chi connectivity index (χ4n) is 3.60. The van der Waals surface area contributed by atoms with Gasteiger partial charge in [-0.3, -0.25) is 0 Å². The summed E-state index contributed by atoms with van der Waals surface area (Å²) in [7, 11) is 0.436. The van der Waals surface area contributed by atoms with Gasteiger partial charge in [-0.15, -0.1) is 11.2 Å². The number of benzene rings is 3. The molecular weight excluding hydrogens is 343 g/mol. The molecule has 0 saturated carbocycles. The second-order valence-electron chi connectivity index (χ2n) is 6.80. The Morgan fingerprint density at radius 3 is 1.16 bits per heavy atom. The summed E-state index contributed by atoms with van der Waals surface area (Å²) in [5, 5.41) is 0. The molecular formula is C23H24ClP. The van der Waals surface area contributed by atoms with E-state index in [2.05, 4.69) is 91.0 Å². The van der Waals surface area contributed by atoms with E-state index < -0.39 is 0 Å². The molecule has 0 saturated heterocycles. The third-order valence-corrected chi connectivity index (χ3v) is 5.99. The summed E-state index contributed by atoms with van der Waals surface area (Å²) in [4.78, 5) is 0. The van der Waals surface area contributed by atoms with Crippen LogP contribution in [0.3, 0.4) is 0 Å². The average Bonchev–Trinajstić information content (AvgIpc) is 2.64. The monoisotopic (exact) mass is 366 g/mol. The molecule has 25 heavy (non-hydrogen) atoms. The Balaban J connectivity index is 1.94. The highest BCUT2D eigenvalue weighted by atomic mass is 35.7. The van der Waals surface area contributed by atoms with Gasteiger partial charge in [-0.1, -0.05) is 91.0 Å². The van der Waals surface area contributed by atoms with Gasteiger partial charge in [-0.05, 0) is 55.5 Å². The van der Waals surface area contributed by atoms with Gasteiger partial charge in [0.05, 0.1) is 0 Å². The van der Waals surface area contributed by atoms with Crippen LogP contribution in [0.15, 0.2) is 91.0 Å². The van der Waals surface area contributed by atoms with Crippen LogP contribution in [-0.4, -0.2) is 6.16 Å². The van der Waals surface area contributed by atoms with Crippen LogP contribution >= 0.6 is 19.2 Å². The normalized spacial score (nSPS) is 11.9. The molecule has 0 amide bonds. The standard InChI is InChI=1S/C23H24ClP/c24-25-19-23(16-20-10-4-1-5-11-20,17-21-12-6-2-7-13-21)18-22-14-8-3-9-15-22/h1-15,25H,16-19H2. The molecule has 128 valence electrons. The number of hydrogen-bond donors (Lipinski definition) is 0. The van der Waals surface area contributed by atoms with Crippen LogP contribution in [0.4, 0.5) is 0 Å². The lowest BCUT2D eigenvalue weighted by molar-refractivity contribution is 0.324. The summed E-state index contributed by atoms with van der Waals surface area (Å²) in [6, 6.07) is 32.5. The molecule has 0 aliphatic rings. The largest absolute Gasteiger partial charge is 0.100 e. The van der Waals surface area contributed by atoms with Crippen LogP contribution in [0.2, 0.25) is 0 Å². The van der Waals surface area contributed by atoms with Crippen molar-refractivity contribution in [3.8, 4) is 0 Å². The predicted molar refractivity (Wildman–Crippen MR) is 112 cm³/mol. The lowest BCUT2D eigenvalue weighted by Crippen LogP contribution is -2.31. The SMILES string of the molecule is ClPCC(Cc1ccccc1)(Cc1ccccc1)Cc1ccccc1. The van der Waals surface area contributed by atoms with E-state index in [1.807, 2.05) is 0 Å². The van der Waals surface area contributed by atoms with Gasteiger partial charge in [0.1, 0.15) is 0 Å². The van der Waals surface area contributed by atoms with Crippen molar-refractivity contribution < 1.29 is 0 Å². The molecule has 0 bridgehead atoms. The third-order valence-electron chi connectivity index (χ3n) is 4.71. The van der Waals surface area contributed by atoms with E-state index in [-0.39, 0.29) is 5.41 Å². The third kappa shape index (κ3) is 5.43. The maximum Gasteiger partial charge on any atom is -0.0128 e. The van der Waals surface area contributed by atoms with Gasteiger partial charge in [-0.2, -0.15) is 0 Å². The minimum absolute atomic E-state index is 0.143. The van der Waals surface area contributed by atoms with E-state index in [0.29, 0.717) is 7.93 Å². The number of rotatable bonds is 8. The molecule has 0 nitrogen and oxygen atoms in total. The van der Waals surface area contributed by atoms with Crippen molar-refractivity contribution in [3.05, 3.63) is 108 Å².